The molecular weight excluding hydrogens is 200 g/mol. The van der Waals surface area contributed by atoms with Gasteiger partial charge in [-0.1, -0.05) is 24.3 Å². The van der Waals surface area contributed by atoms with Gasteiger partial charge < -0.3 is 0 Å². The third kappa shape index (κ3) is 2.31. The quantitative estimate of drug-likeness (QED) is 0.536. The molecular formula is C9H6F4O. The van der Waals surface area contributed by atoms with Gasteiger partial charge in [0.15, 0.2) is 0 Å². The average Bonchev–Trinajstić information content (AvgIpc) is 2.15. The molecule has 1 aromatic carbocycles. The molecule has 0 amide bonds. The van der Waals surface area contributed by atoms with Gasteiger partial charge in [0.1, 0.15) is 6.29 Å². The highest BCUT2D eigenvalue weighted by Gasteiger charge is 2.41. The monoisotopic (exact) mass is 206 g/mol. The van der Waals surface area contributed by atoms with Crippen molar-refractivity contribution >= 4 is 6.29 Å². The Labute approximate surface area is 77.3 Å². The third-order valence-corrected chi connectivity index (χ3v) is 1.65. The SMILES string of the molecule is O=Cc1ccc(C(F)C(F)(F)F)cc1. The molecule has 0 aromatic heterocycles. The molecule has 1 nitrogen and oxygen atoms in total. The largest absolute Gasteiger partial charge is 0.423 e. The molecule has 0 spiro atoms. The fraction of sp³-hybridized carbons (Fsp3) is 0.222. The van der Waals surface area contributed by atoms with Crippen molar-refractivity contribution in [2.45, 2.75) is 12.3 Å². The first-order chi connectivity index (χ1) is 6.45. The lowest BCUT2D eigenvalue weighted by atomic mass is 10.1. The number of halogens is 4. The standard InChI is InChI=1S/C9H6F4O/c10-8(9(11,12)13)7-3-1-6(5-14)2-4-7/h1-5,8H. The molecule has 76 valence electrons. The van der Waals surface area contributed by atoms with Crippen molar-refractivity contribution in [1.29, 1.82) is 0 Å². The molecule has 0 fully saturated rings. The van der Waals surface area contributed by atoms with E-state index < -0.39 is 17.9 Å². The van der Waals surface area contributed by atoms with Crippen LogP contribution in [0.15, 0.2) is 24.3 Å². The summed E-state index contributed by atoms with van der Waals surface area (Å²) in [4.78, 5) is 10.2. The normalized spacial score (nSPS) is 13.7. The van der Waals surface area contributed by atoms with Gasteiger partial charge in [-0.3, -0.25) is 4.79 Å². The van der Waals surface area contributed by atoms with Gasteiger partial charge in [0, 0.05) is 5.56 Å². The fourth-order valence-electron chi connectivity index (χ4n) is 0.933. The summed E-state index contributed by atoms with van der Waals surface area (Å²) >= 11 is 0. The molecule has 0 saturated heterocycles. The van der Waals surface area contributed by atoms with E-state index in [4.69, 9.17) is 0 Å². The van der Waals surface area contributed by atoms with Gasteiger partial charge >= 0.3 is 6.18 Å². The summed E-state index contributed by atoms with van der Waals surface area (Å²) in [5, 5.41) is 0. The number of benzene rings is 1. The minimum absolute atomic E-state index is 0.211. The fourth-order valence-corrected chi connectivity index (χ4v) is 0.933. The minimum Gasteiger partial charge on any atom is -0.298 e. The molecule has 0 N–H and O–H groups in total. The molecule has 0 aliphatic carbocycles. The van der Waals surface area contributed by atoms with Gasteiger partial charge in [-0.2, -0.15) is 13.2 Å². The lowest BCUT2D eigenvalue weighted by Crippen LogP contribution is -2.16. The van der Waals surface area contributed by atoms with Crippen LogP contribution in [0.1, 0.15) is 22.1 Å². The maximum atomic E-state index is 12.7. The molecule has 14 heavy (non-hydrogen) atoms. The van der Waals surface area contributed by atoms with Crippen molar-refractivity contribution in [1.82, 2.24) is 0 Å². The molecule has 0 radical (unpaired) electrons. The Morgan fingerprint density at radius 2 is 1.64 bits per heavy atom. The van der Waals surface area contributed by atoms with Crippen LogP contribution in [0.3, 0.4) is 0 Å². The highest BCUT2D eigenvalue weighted by molar-refractivity contribution is 5.74. The maximum Gasteiger partial charge on any atom is 0.423 e. The highest BCUT2D eigenvalue weighted by atomic mass is 19.4. The molecule has 0 aliphatic rings. The number of hydrogen-bond donors (Lipinski definition) is 0. The number of carbonyl (C=O) groups excluding carboxylic acids is 1. The molecule has 1 atom stereocenters. The van der Waals surface area contributed by atoms with Crippen LogP contribution in [0.4, 0.5) is 17.6 Å². The van der Waals surface area contributed by atoms with Crippen LogP contribution in [-0.2, 0) is 0 Å². The molecule has 5 heteroatoms. The summed E-state index contributed by atoms with van der Waals surface area (Å²) in [7, 11) is 0. The van der Waals surface area contributed by atoms with E-state index in [9.17, 15) is 22.4 Å². The highest BCUT2D eigenvalue weighted by Crippen LogP contribution is 2.35. The zero-order valence-corrected chi connectivity index (χ0v) is 6.88. The number of aldehydes is 1. The van der Waals surface area contributed by atoms with Crippen LogP contribution in [-0.4, -0.2) is 12.5 Å². The lowest BCUT2D eigenvalue weighted by Gasteiger charge is -2.12. The summed E-state index contributed by atoms with van der Waals surface area (Å²) in [6.07, 6.45) is -7.42. The zero-order valence-electron chi connectivity index (χ0n) is 6.88. The van der Waals surface area contributed by atoms with E-state index >= 15 is 0 Å². The van der Waals surface area contributed by atoms with Crippen LogP contribution in [0.5, 0.6) is 0 Å². The van der Waals surface area contributed by atoms with Gasteiger partial charge in [-0.05, 0) is 5.56 Å². The van der Waals surface area contributed by atoms with Crippen molar-refractivity contribution in [3.8, 4) is 0 Å². The molecule has 0 heterocycles. The molecule has 0 bridgehead atoms. The Hall–Kier alpha value is -1.39. The van der Waals surface area contributed by atoms with Crippen LogP contribution in [0.2, 0.25) is 0 Å². The van der Waals surface area contributed by atoms with Crippen molar-refractivity contribution in [3.63, 3.8) is 0 Å². The van der Waals surface area contributed by atoms with E-state index in [0.717, 1.165) is 24.3 Å². The summed E-state index contributed by atoms with van der Waals surface area (Å²) < 4.78 is 48.3. The number of rotatable bonds is 2. The van der Waals surface area contributed by atoms with Crippen LogP contribution in [0, 0.1) is 0 Å². The molecule has 1 aromatic rings. The molecule has 0 aliphatic heterocycles. The molecule has 1 rings (SSSR count). The first kappa shape index (κ1) is 10.7. The Morgan fingerprint density at radius 1 is 1.14 bits per heavy atom. The second kappa shape index (κ2) is 3.77. The van der Waals surface area contributed by atoms with Gasteiger partial charge in [-0.25, -0.2) is 4.39 Å². The van der Waals surface area contributed by atoms with Crippen molar-refractivity contribution in [2.24, 2.45) is 0 Å². The van der Waals surface area contributed by atoms with Crippen molar-refractivity contribution in [2.75, 3.05) is 0 Å². The predicted molar refractivity (Wildman–Crippen MR) is 41.7 cm³/mol. The van der Waals surface area contributed by atoms with E-state index in [0.29, 0.717) is 6.29 Å². The van der Waals surface area contributed by atoms with Crippen molar-refractivity contribution in [3.05, 3.63) is 35.4 Å². The molecule has 0 saturated carbocycles. The van der Waals surface area contributed by atoms with Gasteiger partial charge in [0.2, 0.25) is 6.17 Å². The minimum atomic E-state index is -4.90. The Bertz CT molecular complexity index is 315. The smallest absolute Gasteiger partial charge is 0.298 e. The number of hydrogen-bond acceptors (Lipinski definition) is 1. The van der Waals surface area contributed by atoms with Crippen LogP contribution >= 0.6 is 0 Å². The van der Waals surface area contributed by atoms with Crippen LogP contribution < -0.4 is 0 Å². The summed E-state index contributed by atoms with van der Waals surface area (Å²) in [5.41, 5.74) is -0.286. The van der Waals surface area contributed by atoms with E-state index in [1.54, 1.807) is 0 Å². The van der Waals surface area contributed by atoms with E-state index in [1.165, 1.54) is 0 Å². The van der Waals surface area contributed by atoms with Crippen LogP contribution in [0.25, 0.3) is 0 Å². The van der Waals surface area contributed by atoms with E-state index in [1.807, 2.05) is 0 Å². The third-order valence-electron chi connectivity index (χ3n) is 1.65. The summed E-state index contributed by atoms with van der Waals surface area (Å²) in [5.74, 6) is 0. The summed E-state index contributed by atoms with van der Waals surface area (Å²) in [6, 6.07) is 4.17. The Morgan fingerprint density at radius 3 is 2.00 bits per heavy atom. The Balaban J connectivity index is 2.92. The lowest BCUT2D eigenvalue weighted by molar-refractivity contribution is -0.182. The maximum absolute atomic E-state index is 12.7. The predicted octanol–water partition coefficient (Wildman–Crippen LogP) is 3.07. The Kier molecular flexibility index (Phi) is 2.88. The summed E-state index contributed by atoms with van der Waals surface area (Å²) in [6.45, 7) is 0. The van der Waals surface area contributed by atoms with Crippen molar-refractivity contribution < 1.29 is 22.4 Å². The van der Waals surface area contributed by atoms with Gasteiger partial charge in [-0.15, -0.1) is 0 Å². The van der Waals surface area contributed by atoms with Gasteiger partial charge in [0.05, 0.1) is 0 Å². The number of carbonyl (C=O) groups is 1. The number of alkyl halides is 4. The first-order valence-corrected chi connectivity index (χ1v) is 3.71. The second-order valence-corrected chi connectivity index (χ2v) is 2.69. The topological polar surface area (TPSA) is 17.1 Å². The zero-order chi connectivity index (χ0) is 10.8. The average molecular weight is 206 g/mol. The first-order valence-electron chi connectivity index (χ1n) is 3.71. The van der Waals surface area contributed by atoms with E-state index in [2.05, 4.69) is 0 Å². The van der Waals surface area contributed by atoms with E-state index in [-0.39, 0.29) is 5.56 Å². The second-order valence-electron chi connectivity index (χ2n) is 2.69. The molecule has 1 unspecified atom stereocenters. The van der Waals surface area contributed by atoms with Gasteiger partial charge in [0.25, 0.3) is 0 Å².